The van der Waals surface area contributed by atoms with E-state index >= 15 is 0 Å². The Morgan fingerprint density at radius 3 is 2.72 bits per heavy atom. The number of fused-ring (bicyclic) bond motifs is 1. The van der Waals surface area contributed by atoms with Crippen LogP contribution in [0.3, 0.4) is 0 Å². The van der Waals surface area contributed by atoms with Crippen molar-refractivity contribution in [2.24, 2.45) is 22.6 Å². The zero-order valence-electron chi connectivity index (χ0n) is 14.6. The molecule has 1 aromatic rings. The topological polar surface area (TPSA) is 58.7 Å². The van der Waals surface area contributed by atoms with Crippen molar-refractivity contribution in [1.82, 2.24) is 4.90 Å². The number of amidine groups is 1. The first-order chi connectivity index (χ1) is 11.7. The minimum absolute atomic E-state index is 0.0173. The number of benzene rings is 1. The highest BCUT2D eigenvalue weighted by Gasteiger charge is 2.73. The molecule has 134 valence electrons. The number of amides is 1. The molecule has 1 aliphatic carbocycles. The molecule has 0 spiro atoms. The Bertz CT molecular complexity index is 789. The normalized spacial score (nSPS) is 31.2. The molecular weight excluding hydrogens is 344 g/mol. The van der Waals surface area contributed by atoms with Gasteiger partial charge in [-0.25, -0.2) is 8.78 Å². The second kappa shape index (κ2) is 6.12. The molecule has 7 heteroatoms. The fraction of sp³-hybridized carbons (Fsp3) is 0.444. The molecule has 0 saturated heterocycles. The average Bonchev–Trinajstić information content (AvgIpc) is 3.12. The molecule has 4 nitrogen and oxygen atoms in total. The molecule has 4 unspecified atom stereocenters. The molecular formula is C18H21F2N3OS. The van der Waals surface area contributed by atoms with Crippen LogP contribution in [0.1, 0.15) is 31.0 Å². The van der Waals surface area contributed by atoms with Crippen molar-refractivity contribution in [3.8, 4) is 0 Å². The van der Waals surface area contributed by atoms with Gasteiger partial charge in [0.2, 0.25) is 5.91 Å². The van der Waals surface area contributed by atoms with E-state index in [2.05, 4.69) is 4.99 Å². The van der Waals surface area contributed by atoms with Gasteiger partial charge >= 0.3 is 0 Å². The molecule has 25 heavy (non-hydrogen) atoms. The summed E-state index contributed by atoms with van der Waals surface area (Å²) >= 11 is 1.27. The molecule has 0 aromatic heterocycles. The SMILES string of the molecule is C/C(F)=C/c1ccc(F)c(C2N=C(N)SC3(C(=O)N(C)C)C(C)C23)c1. The highest BCUT2D eigenvalue weighted by atomic mass is 32.2. The summed E-state index contributed by atoms with van der Waals surface area (Å²) in [6.07, 6.45) is 1.34. The third kappa shape index (κ3) is 2.84. The molecule has 1 amide bonds. The number of nitrogens with two attached hydrogens (primary N) is 1. The lowest BCUT2D eigenvalue weighted by atomic mass is 9.97. The molecule has 2 N–H and O–H groups in total. The van der Waals surface area contributed by atoms with Gasteiger partial charge in [-0.3, -0.25) is 9.79 Å². The molecule has 3 rings (SSSR count). The van der Waals surface area contributed by atoms with Crippen molar-refractivity contribution < 1.29 is 13.6 Å². The fourth-order valence-corrected chi connectivity index (χ4v) is 5.27. The van der Waals surface area contributed by atoms with Gasteiger partial charge in [0.25, 0.3) is 0 Å². The van der Waals surface area contributed by atoms with Crippen LogP contribution in [-0.4, -0.2) is 34.8 Å². The van der Waals surface area contributed by atoms with Crippen LogP contribution in [0.2, 0.25) is 0 Å². The molecule has 1 heterocycles. The first-order valence-corrected chi connectivity index (χ1v) is 8.87. The highest BCUT2D eigenvalue weighted by molar-refractivity contribution is 8.15. The molecule has 1 saturated carbocycles. The molecule has 0 radical (unpaired) electrons. The number of rotatable bonds is 3. The van der Waals surface area contributed by atoms with Crippen LogP contribution in [0, 0.1) is 17.7 Å². The minimum Gasteiger partial charge on any atom is -0.378 e. The summed E-state index contributed by atoms with van der Waals surface area (Å²) in [5, 5.41) is 0.280. The van der Waals surface area contributed by atoms with Crippen LogP contribution in [0.4, 0.5) is 8.78 Å². The highest BCUT2D eigenvalue weighted by Crippen LogP contribution is 2.68. The van der Waals surface area contributed by atoms with Gasteiger partial charge < -0.3 is 10.6 Å². The lowest BCUT2D eigenvalue weighted by Gasteiger charge is -2.27. The van der Waals surface area contributed by atoms with Gasteiger partial charge in [-0.1, -0.05) is 24.8 Å². The molecule has 1 aliphatic heterocycles. The van der Waals surface area contributed by atoms with Crippen molar-refractivity contribution in [1.29, 1.82) is 0 Å². The van der Waals surface area contributed by atoms with Crippen molar-refractivity contribution >= 4 is 28.9 Å². The Labute approximate surface area is 150 Å². The zero-order valence-corrected chi connectivity index (χ0v) is 15.4. The summed E-state index contributed by atoms with van der Waals surface area (Å²) in [4.78, 5) is 18.7. The predicted molar refractivity (Wildman–Crippen MR) is 97.2 cm³/mol. The van der Waals surface area contributed by atoms with Gasteiger partial charge in [0, 0.05) is 25.6 Å². The third-order valence-electron chi connectivity index (χ3n) is 4.93. The van der Waals surface area contributed by atoms with Gasteiger partial charge in [0.15, 0.2) is 5.17 Å². The number of thioether (sulfide) groups is 1. The molecule has 4 atom stereocenters. The van der Waals surface area contributed by atoms with E-state index in [4.69, 9.17) is 5.73 Å². The van der Waals surface area contributed by atoms with Crippen LogP contribution in [0.15, 0.2) is 29.0 Å². The number of allylic oxidation sites excluding steroid dienone is 1. The van der Waals surface area contributed by atoms with Gasteiger partial charge in [-0.05, 0) is 36.6 Å². The first kappa shape index (κ1) is 17.9. The Hall–Kier alpha value is -1.89. The van der Waals surface area contributed by atoms with Crippen molar-refractivity contribution in [2.75, 3.05) is 14.1 Å². The van der Waals surface area contributed by atoms with Gasteiger partial charge in [-0.15, -0.1) is 0 Å². The number of aliphatic imine (C=N–C) groups is 1. The van der Waals surface area contributed by atoms with E-state index in [1.165, 1.54) is 36.9 Å². The van der Waals surface area contributed by atoms with Gasteiger partial charge in [-0.2, -0.15) is 0 Å². The quantitative estimate of drug-likeness (QED) is 0.894. The number of hydrogen-bond donors (Lipinski definition) is 1. The predicted octanol–water partition coefficient (Wildman–Crippen LogP) is 3.35. The third-order valence-corrected chi connectivity index (χ3v) is 6.40. The standard InChI is InChI=1S/C18H21F2N3OS/c1-9(19)7-11-5-6-13(20)12(8-11)15-14-10(2)18(14,16(24)23(3)4)25-17(21)22-15/h5-8,10,14-15H,1-4H3,(H2,21,22)/b9-7-. The molecule has 1 fully saturated rings. The average molecular weight is 365 g/mol. The van der Waals surface area contributed by atoms with Crippen LogP contribution in [-0.2, 0) is 4.79 Å². The molecule has 0 bridgehead atoms. The van der Waals surface area contributed by atoms with Crippen molar-refractivity contribution in [3.05, 3.63) is 41.0 Å². The smallest absolute Gasteiger partial charge is 0.239 e. The lowest BCUT2D eigenvalue weighted by Crippen LogP contribution is -2.39. The molecule has 1 aromatic carbocycles. The van der Waals surface area contributed by atoms with E-state index in [0.29, 0.717) is 11.1 Å². The second-order valence-electron chi connectivity index (χ2n) is 6.83. The number of halogens is 2. The van der Waals surface area contributed by atoms with Gasteiger partial charge in [0.05, 0.1) is 11.9 Å². The van der Waals surface area contributed by atoms with E-state index in [1.54, 1.807) is 25.1 Å². The minimum atomic E-state index is -0.700. The van der Waals surface area contributed by atoms with E-state index in [1.807, 2.05) is 6.92 Å². The van der Waals surface area contributed by atoms with Crippen molar-refractivity contribution in [2.45, 2.75) is 24.6 Å². The summed E-state index contributed by atoms with van der Waals surface area (Å²) < 4.78 is 27.0. The largest absolute Gasteiger partial charge is 0.378 e. The van der Waals surface area contributed by atoms with Crippen LogP contribution >= 0.6 is 11.8 Å². The van der Waals surface area contributed by atoms with E-state index in [0.717, 1.165) is 0 Å². The Morgan fingerprint density at radius 2 is 2.12 bits per heavy atom. The van der Waals surface area contributed by atoms with Crippen molar-refractivity contribution in [3.63, 3.8) is 0 Å². The van der Waals surface area contributed by atoms with E-state index in [9.17, 15) is 13.6 Å². The monoisotopic (exact) mass is 365 g/mol. The maximum Gasteiger partial charge on any atom is 0.239 e. The summed E-state index contributed by atoms with van der Waals surface area (Å²) in [7, 11) is 3.40. The summed E-state index contributed by atoms with van der Waals surface area (Å²) in [5.41, 5.74) is 6.89. The summed E-state index contributed by atoms with van der Waals surface area (Å²) in [5.74, 6) is -0.943. The van der Waals surface area contributed by atoms with Crippen LogP contribution in [0.5, 0.6) is 0 Å². The van der Waals surface area contributed by atoms with E-state index in [-0.39, 0.29) is 28.7 Å². The summed E-state index contributed by atoms with van der Waals surface area (Å²) in [6.45, 7) is 3.30. The Balaban J connectivity index is 2.05. The Kier molecular flexibility index (Phi) is 4.39. The summed E-state index contributed by atoms with van der Waals surface area (Å²) in [6, 6.07) is 3.86. The Morgan fingerprint density at radius 1 is 1.44 bits per heavy atom. The fourth-order valence-electron chi connectivity index (χ4n) is 3.75. The second-order valence-corrected chi connectivity index (χ2v) is 8.13. The van der Waals surface area contributed by atoms with Gasteiger partial charge in [0.1, 0.15) is 10.6 Å². The molecule has 2 aliphatic rings. The zero-order chi connectivity index (χ0) is 18.5. The van der Waals surface area contributed by atoms with Crippen LogP contribution < -0.4 is 5.73 Å². The number of carbonyl (C=O) groups is 1. The lowest BCUT2D eigenvalue weighted by molar-refractivity contribution is -0.129. The number of hydrogen-bond acceptors (Lipinski definition) is 4. The number of carbonyl (C=O) groups excluding carboxylic acids is 1. The first-order valence-electron chi connectivity index (χ1n) is 8.05. The maximum atomic E-state index is 14.5. The maximum absolute atomic E-state index is 14.5. The van der Waals surface area contributed by atoms with Crippen LogP contribution in [0.25, 0.3) is 6.08 Å². The number of nitrogens with zero attached hydrogens (tertiary/aromatic N) is 2. The van der Waals surface area contributed by atoms with E-state index < -0.39 is 16.6 Å².